The molecule has 0 radical (unpaired) electrons. The highest BCUT2D eigenvalue weighted by molar-refractivity contribution is 5.97. The molecule has 2 aliphatic heterocycles. The van der Waals surface area contributed by atoms with E-state index in [2.05, 4.69) is 5.32 Å². The molecular weight excluding hydrogens is 387 g/mol. The number of anilines is 1. The first kappa shape index (κ1) is 21.5. The molecule has 6 nitrogen and oxygen atoms in total. The molecule has 0 saturated carbocycles. The number of alkyl halides is 3. The van der Waals surface area contributed by atoms with E-state index in [1.54, 1.807) is 0 Å². The molecule has 2 aliphatic rings. The van der Waals surface area contributed by atoms with Crippen molar-refractivity contribution in [2.75, 3.05) is 18.0 Å². The second-order valence-electron chi connectivity index (χ2n) is 6.52. The van der Waals surface area contributed by atoms with Crippen molar-refractivity contribution in [3.8, 4) is 0 Å². The molecule has 1 unspecified atom stereocenters. The van der Waals surface area contributed by atoms with Crippen LogP contribution < -0.4 is 16.0 Å². The average Bonchev–Trinajstić information content (AvgIpc) is 3.21. The number of carbonyl (C=O) groups excluding carboxylic acids is 2. The minimum Gasteiger partial charge on any atom is -0.364 e. The van der Waals surface area contributed by atoms with Crippen LogP contribution in [-0.2, 0) is 20.5 Å². The third kappa shape index (κ3) is 4.91. The Morgan fingerprint density at radius 1 is 1.33 bits per heavy atom. The largest absolute Gasteiger partial charge is 0.416 e. The number of halogens is 4. The first-order chi connectivity index (χ1) is 12.3. The lowest BCUT2D eigenvalue weighted by atomic mass is 10.1. The molecule has 2 saturated heterocycles. The van der Waals surface area contributed by atoms with Gasteiger partial charge in [-0.15, -0.1) is 12.4 Å². The minimum absolute atomic E-state index is 0. The molecule has 1 aromatic carbocycles. The molecule has 3 rings (SSSR count). The van der Waals surface area contributed by atoms with E-state index in [0.29, 0.717) is 19.4 Å². The van der Waals surface area contributed by atoms with Gasteiger partial charge in [-0.2, -0.15) is 13.2 Å². The van der Waals surface area contributed by atoms with E-state index < -0.39 is 23.9 Å². The van der Waals surface area contributed by atoms with E-state index in [9.17, 15) is 22.8 Å². The molecule has 3 atom stereocenters. The van der Waals surface area contributed by atoms with Crippen molar-refractivity contribution >= 4 is 29.9 Å². The highest BCUT2D eigenvalue weighted by Gasteiger charge is 2.37. The number of benzene rings is 1. The van der Waals surface area contributed by atoms with Gasteiger partial charge in [-0.1, -0.05) is 6.07 Å². The van der Waals surface area contributed by atoms with Crippen LogP contribution in [0.4, 0.5) is 18.9 Å². The van der Waals surface area contributed by atoms with Crippen LogP contribution in [0.5, 0.6) is 0 Å². The van der Waals surface area contributed by atoms with Gasteiger partial charge >= 0.3 is 6.18 Å². The monoisotopic (exact) mass is 407 g/mol. The number of carbonyl (C=O) groups is 2. The fourth-order valence-corrected chi connectivity index (χ4v) is 3.27. The van der Waals surface area contributed by atoms with Gasteiger partial charge in [0.1, 0.15) is 6.10 Å². The topological polar surface area (TPSA) is 84.7 Å². The van der Waals surface area contributed by atoms with Crippen LogP contribution >= 0.6 is 12.4 Å². The van der Waals surface area contributed by atoms with Gasteiger partial charge in [-0.05, 0) is 31.0 Å². The SMILES string of the molecule is Cl.NC[C@H]1CC[C@@H](C(=O)NC2CC(=O)N(c3cccc(C(F)(F)F)c3)C2)O1. The standard InChI is InChI=1S/C17H20F3N3O3.ClH/c18-17(19,20)10-2-1-3-12(6-10)23-9-11(7-15(23)24)22-16(25)14-5-4-13(8-21)26-14;/h1-3,6,11,13-14H,4-5,7-9,21H2,(H,22,25);1H/t11?,13-,14+;/m1./s1. The summed E-state index contributed by atoms with van der Waals surface area (Å²) in [5, 5.41) is 2.75. The Balaban J connectivity index is 0.00000261. The number of amides is 2. The zero-order chi connectivity index (χ0) is 18.9. The van der Waals surface area contributed by atoms with Crippen molar-refractivity contribution in [2.24, 2.45) is 5.73 Å². The molecule has 0 spiro atoms. The number of hydrogen-bond donors (Lipinski definition) is 2. The maximum absolute atomic E-state index is 12.9. The Labute approximate surface area is 160 Å². The highest BCUT2D eigenvalue weighted by atomic mass is 35.5. The van der Waals surface area contributed by atoms with Gasteiger partial charge in [0, 0.05) is 25.2 Å². The molecule has 0 aliphatic carbocycles. The Morgan fingerprint density at radius 2 is 2.07 bits per heavy atom. The average molecular weight is 408 g/mol. The van der Waals surface area contributed by atoms with Crippen LogP contribution in [0.15, 0.2) is 24.3 Å². The van der Waals surface area contributed by atoms with Crippen molar-refractivity contribution in [3.63, 3.8) is 0 Å². The van der Waals surface area contributed by atoms with Crippen LogP contribution in [0.3, 0.4) is 0 Å². The number of rotatable bonds is 4. The first-order valence-corrected chi connectivity index (χ1v) is 8.41. The summed E-state index contributed by atoms with van der Waals surface area (Å²) in [6.45, 7) is 0.466. The second kappa shape index (κ2) is 8.45. The van der Waals surface area contributed by atoms with Crippen molar-refractivity contribution < 1.29 is 27.5 Å². The van der Waals surface area contributed by atoms with Crippen LogP contribution in [0.25, 0.3) is 0 Å². The summed E-state index contributed by atoms with van der Waals surface area (Å²) in [5.74, 6) is -0.647. The van der Waals surface area contributed by atoms with Gasteiger partial charge in [-0.25, -0.2) is 0 Å². The van der Waals surface area contributed by atoms with E-state index in [1.807, 2.05) is 0 Å². The predicted molar refractivity (Wildman–Crippen MR) is 94.5 cm³/mol. The summed E-state index contributed by atoms with van der Waals surface area (Å²) in [5.41, 5.74) is 4.87. The van der Waals surface area contributed by atoms with Crippen LogP contribution in [-0.4, -0.2) is 43.2 Å². The van der Waals surface area contributed by atoms with Crippen molar-refractivity contribution in [3.05, 3.63) is 29.8 Å². The summed E-state index contributed by atoms with van der Waals surface area (Å²) in [4.78, 5) is 25.7. The third-order valence-corrected chi connectivity index (χ3v) is 4.62. The normalized spacial score (nSPS) is 25.4. The summed E-state index contributed by atoms with van der Waals surface area (Å²) >= 11 is 0. The fraction of sp³-hybridized carbons (Fsp3) is 0.529. The van der Waals surface area contributed by atoms with Crippen molar-refractivity contribution in [2.45, 2.75) is 43.7 Å². The van der Waals surface area contributed by atoms with E-state index in [4.69, 9.17) is 10.5 Å². The summed E-state index contributed by atoms with van der Waals surface area (Å²) < 4.78 is 44.1. The third-order valence-electron chi connectivity index (χ3n) is 4.62. The summed E-state index contributed by atoms with van der Waals surface area (Å²) in [7, 11) is 0. The zero-order valence-electron chi connectivity index (χ0n) is 14.4. The highest BCUT2D eigenvalue weighted by Crippen LogP contribution is 2.32. The molecule has 3 N–H and O–H groups in total. The first-order valence-electron chi connectivity index (χ1n) is 8.41. The molecular formula is C17H21ClF3N3O3. The molecule has 2 heterocycles. The molecule has 1 aromatic rings. The van der Waals surface area contributed by atoms with Gasteiger partial charge < -0.3 is 20.7 Å². The van der Waals surface area contributed by atoms with Gasteiger partial charge in [-0.3, -0.25) is 9.59 Å². The summed E-state index contributed by atoms with van der Waals surface area (Å²) in [6.07, 6.45) is -3.92. The van der Waals surface area contributed by atoms with Crippen LogP contribution in [0, 0.1) is 0 Å². The lowest BCUT2D eigenvalue weighted by molar-refractivity contribution is -0.137. The van der Waals surface area contributed by atoms with E-state index in [0.717, 1.165) is 12.1 Å². The predicted octanol–water partition coefficient (Wildman–Crippen LogP) is 1.85. The summed E-state index contributed by atoms with van der Waals surface area (Å²) in [6, 6.07) is 4.13. The molecule has 0 aromatic heterocycles. The van der Waals surface area contributed by atoms with Gasteiger partial charge in [0.05, 0.1) is 17.7 Å². The van der Waals surface area contributed by atoms with E-state index in [-0.39, 0.29) is 49.0 Å². The number of ether oxygens (including phenoxy) is 1. The Morgan fingerprint density at radius 3 is 2.70 bits per heavy atom. The Bertz CT molecular complexity index is 701. The van der Waals surface area contributed by atoms with E-state index >= 15 is 0 Å². The zero-order valence-corrected chi connectivity index (χ0v) is 15.2. The molecule has 0 bridgehead atoms. The molecule has 27 heavy (non-hydrogen) atoms. The maximum Gasteiger partial charge on any atom is 0.416 e. The van der Waals surface area contributed by atoms with E-state index in [1.165, 1.54) is 17.0 Å². The fourth-order valence-electron chi connectivity index (χ4n) is 3.27. The lowest BCUT2D eigenvalue weighted by Gasteiger charge is -2.19. The number of nitrogens with zero attached hydrogens (tertiary/aromatic N) is 1. The van der Waals surface area contributed by atoms with Gasteiger partial charge in [0.25, 0.3) is 0 Å². The van der Waals surface area contributed by atoms with Gasteiger partial charge in [0.15, 0.2) is 0 Å². The minimum atomic E-state index is -4.48. The number of nitrogens with one attached hydrogen (secondary N) is 1. The molecule has 2 amide bonds. The number of nitrogens with two attached hydrogens (primary N) is 1. The quantitative estimate of drug-likeness (QED) is 0.797. The molecule has 2 fully saturated rings. The Hall–Kier alpha value is -1.84. The maximum atomic E-state index is 12.9. The van der Waals surface area contributed by atoms with Gasteiger partial charge in [0.2, 0.25) is 11.8 Å². The van der Waals surface area contributed by atoms with Crippen LogP contribution in [0.2, 0.25) is 0 Å². The van der Waals surface area contributed by atoms with Crippen molar-refractivity contribution in [1.82, 2.24) is 5.32 Å². The number of hydrogen-bond acceptors (Lipinski definition) is 4. The Kier molecular flexibility index (Phi) is 6.72. The van der Waals surface area contributed by atoms with Crippen molar-refractivity contribution in [1.29, 1.82) is 0 Å². The smallest absolute Gasteiger partial charge is 0.364 e. The van der Waals surface area contributed by atoms with Crippen LogP contribution in [0.1, 0.15) is 24.8 Å². The molecule has 10 heteroatoms. The second-order valence-corrected chi connectivity index (χ2v) is 6.52. The lowest BCUT2D eigenvalue weighted by Crippen LogP contribution is -2.43. The molecule has 150 valence electrons.